The lowest BCUT2D eigenvalue weighted by Crippen LogP contribution is -2.39. The summed E-state index contributed by atoms with van der Waals surface area (Å²) in [6, 6.07) is 21.8. The largest absolute Gasteiger partial charge is 0.376 e. The summed E-state index contributed by atoms with van der Waals surface area (Å²) in [7, 11) is 0. The first-order valence-electron chi connectivity index (χ1n) is 10.3. The second-order valence-corrected chi connectivity index (χ2v) is 7.59. The zero-order chi connectivity index (χ0) is 21.6. The number of benzene rings is 3. The van der Waals surface area contributed by atoms with Crippen LogP contribution in [-0.2, 0) is 29.0 Å². The van der Waals surface area contributed by atoms with Gasteiger partial charge in [-0.2, -0.15) is 0 Å². The average molecular weight is 417 g/mol. The fourth-order valence-electron chi connectivity index (χ4n) is 3.70. The molecule has 0 bridgehead atoms. The molecule has 31 heavy (non-hydrogen) atoms. The first-order chi connectivity index (χ1) is 15.1. The van der Waals surface area contributed by atoms with Crippen molar-refractivity contribution in [3.63, 3.8) is 0 Å². The minimum absolute atomic E-state index is 0.0199. The van der Waals surface area contributed by atoms with Gasteiger partial charge in [-0.25, -0.2) is 4.39 Å². The topological polar surface area (TPSA) is 61.4 Å². The highest BCUT2D eigenvalue weighted by molar-refractivity contribution is 5.93. The van der Waals surface area contributed by atoms with Crippen molar-refractivity contribution in [1.82, 2.24) is 4.90 Å². The summed E-state index contributed by atoms with van der Waals surface area (Å²) in [6.07, 6.45) is 1.00. The van der Waals surface area contributed by atoms with E-state index in [2.05, 4.69) is 16.7 Å². The lowest BCUT2D eigenvalue weighted by molar-refractivity contribution is -0.130. The van der Waals surface area contributed by atoms with Crippen molar-refractivity contribution in [1.29, 1.82) is 0 Å². The van der Waals surface area contributed by atoms with Crippen LogP contribution in [-0.4, -0.2) is 29.8 Å². The molecule has 0 aromatic heterocycles. The van der Waals surface area contributed by atoms with Gasteiger partial charge < -0.3 is 15.5 Å². The van der Waals surface area contributed by atoms with Crippen molar-refractivity contribution in [2.24, 2.45) is 0 Å². The van der Waals surface area contributed by atoms with Crippen molar-refractivity contribution >= 4 is 23.2 Å². The van der Waals surface area contributed by atoms with Gasteiger partial charge in [-0.15, -0.1) is 0 Å². The van der Waals surface area contributed by atoms with Crippen molar-refractivity contribution in [3.05, 3.63) is 95.3 Å². The Morgan fingerprint density at radius 2 is 1.68 bits per heavy atom. The zero-order valence-electron chi connectivity index (χ0n) is 17.1. The Labute approximate surface area is 180 Å². The summed E-state index contributed by atoms with van der Waals surface area (Å²) in [4.78, 5) is 26.7. The quantitative estimate of drug-likeness (QED) is 0.637. The van der Waals surface area contributed by atoms with Crippen molar-refractivity contribution in [2.75, 3.05) is 23.7 Å². The van der Waals surface area contributed by atoms with Gasteiger partial charge in [0.1, 0.15) is 5.82 Å². The van der Waals surface area contributed by atoms with Gasteiger partial charge in [0.2, 0.25) is 11.8 Å². The van der Waals surface area contributed by atoms with Gasteiger partial charge in [-0.1, -0.05) is 54.6 Å². The number of carbonyl (C=O) groups is 2. The number of hydrogen-bond donors (Lipinski definition) is 2. The van der Waals surface area contributed by atoms with Gasteiger partial charge in [0.15, 0.2) is 0 Å². The molecule has 5 nitrogen and oxygen atoms in total. The van der Waals surface area contributed by atoms with Crippen molar-refractivity contribution < 1.29 is 14.0 Å². The van der Waals surface area contributed by atoms with Gasteiger partial charge in [0, 0.05) is 18.8 Å². The number of rotatable bonds is 6. The van der Waals surface area contributed by atoms with Gasteiger partial charge in [0.05, 0.1) is 18.7 Å². The van der Waals surface area contributed by atoms with E-state index in [4.69, 9.17) is 0 Å². The fourth-order valence-corrected chi connectivity index (χ4v) is 3.70. The Balaban J connectivity index is 1.34. The molecule has 1 aliphatic rings. The molecule has 0 saturated carbocycles. The second-order valence-electron chi connectivity index (χ2n) is 7.59. The lowest BCUT2D eigenvalue weighted by Gasteiger charge is -2.29. The monoisotopic (exact) mass is 417 g/mol. The van der Waals surface area contributed by atoms with Gasteiger partial charge in [0.25, 0.3) is 0 Å². The van der Waals surface area contributed by atoms with E-state index in [1.54, 1.807) is 6.07 Å². The van der Waals surface area contributed by atoms with Crippen molar-refractivity contribution in [3.8, 4) is 0 Å². The minimum Gasteiger partial charge on any atom is -0.376 e. The van der Waals surface area contributed by atoms with Crippen LogP contribution in [0.4, 0.5) is 15.8 Å². The Morgan fingerprint density at radius 1 is 0.935 bits per heavy atom. The summed E-state index contributed by atoms with van der Waals surface area (Å²) in [5, 5.41) is 5.66. The van der Waals surface area contributed by atoms with Crippen molar-refractivity contribution in [2.45, 2.75) is 19.4 Å². The number of carbonyl (C=O) groups excluding carboxylic acids is 2. The molecular formula is C25H24FN3O2. The van der Waals surface area contributed by atoms with Crippen LogP contribution in [0.5, 0.6) is 0 Å². The number of fused-ring (bicyclic) bond motifs is 1. The highest BCUT2D eigenvalue weighted by atomic mass is 19.1. The van der Waals surface area contributed by atoms with E-state index in [9.17, 15) is 14.0 Å². The molecule has 2 N–H and O–H groups in total. The maximum absolute atomic E-state index is 14.2. The molecular weight excluding hydrogens is 393 g/mol. The Morgan fingerprint density at radius 3 is 2.48 bits per heavy atom. The molecule has 0 aliphatic carbocycles. The molecule has 0 saturated heterocycles. The maximum Gasteiger partial charge on any atom is 0.242 e. The van der Waals surface area contributed by atoms with Crippen LogP contribution >= 0.6 is 0 Å². The summed E-state index contributed by atoms with van der Waals surface area (Å²) >= 11 is 0. The molecule has 0 atom stereocenters. The summed E-state index contributed by atoms with van der Waals surface area (Å²) in [5.74, 6) is -0.843. The van der Waals surface area contributed by atoms with E-state index in [0.717, 1.165) is 12.0 Å². The predicted molar refractivity (Wildman–Crippen MR) is 119 cm³/mol. The molecule has 0 fully saturated rings. The van der Waals surface area contributed by atoms with Crippen LogP contribution in [0, 0.1) is 5.82 Å². The predicted octanol–water partition coefficient (Wildman–Crippen LogP) is 4.00. The Bertz CT molecular complexity index is 1090. The summed E-state index contributed by atoms with van der Waals surface area (Å²) < 4.78 is 14.2. The third-order valence-corrected chi connectivity index (χ3v) is 5.38. The molecule has 158 valence electrons. The van der Waals surface area contributed by atoms with Gasteiger partial charge in [-0.3, -0.25) is 9.59 Å². The number of amides is 2. The molecule has 3 aromatic rings. The number of hydrogen-bond acceptors (Lipinski definition) is 3. The minimum atomic E-state index is -0.522. The van der Waals surface area contributed by atoms with Crippen LogP contribution in [0.2, 0.25) is 0 Å². The zero-order valence-corrected chi connectivity index (χ0v) is 17.1. The molecule has 0 radical (unpaired) electrons. The molecule has 2 amide bonds. The van der Waals surface area contributed by atoms with Crippen LogP contribution in [0.1, 0.15) is 16.7 Å². The third kappa shape index (κ3) is 5.28. The Hall–Kier alpha value is -3.67. The number of nitrogens with one attached hydrogen (secondary N) is 2. The number of halogens is 1. The highest BCUT2D eigenvalue weighted by Gasteiger charge is 2.20. The Kier molecular flexibility index (Phi) is 6.26. The van der Waals surface area contributed by atoms with E-state index in [0.29, 0.717) is 18.8 Å². The average Bonchev–Trinajstić information content (AvgIpc) is 2.79. The molecule has 0 unspecified atom stereocenters. The first kappa shape index (κ1) is 20.6. The number of anilines is 2. The van der Waals surface area contributed by atoms with E-state index in [1.165, 1.54) is 23.3 Å². The first-order valence-corrected chi connectivity index (χ1v) is 10.3. The molecule has 6 heteroatoms. The molecule has 1 heterocycles. The molecule has 0 spiro atoms. The van der Waals surface area contributed by atoms with E-state index in [1.807, 2.05) is 53.4 Å². The molecule has 3 aromatic carbocycles. The normalized spacial score (nSPS) is 12.7. The standard InChI is InChI=1S/C25H24FN3O2/c26-22-11-10-21(15-23(22)28-24(30)14-18-6-2-1-3-7-18)27-16-25(31)29-13-12-19-8-4-5-9-20(19)17-29/h1-11,15,27H,12-14,16-17H2,(H,28,30). The van der Waals surface area contributed by atoms with Gasteiger partial charge in [-0.05, 0) is 41.3 Å². The fraction of sp³-hybridized carbons (Fsp3) is 0.200. The van der Waals surface area contributed by atoms with Crippen LogP contribution in [0.3, 0.4) is 0 Å². The van der Waals surface area contributed by atoms with E-state index in [-0.39, 0.29) is 30.5 Å². The molecule has 4 rings (SSSR count). The van der Waals surface area contributed by atoms with Gasteiger partial charge >= 0.3 is 0 Å². The third-order valence-electron chi connectivity index (χ3n) is 5.38. The summed E-state index contributed by atoms with van der Waals surface area (Å²) in [6.45, 7) is 1.38. The smallest absolute Gasteiger partial charge is 0.242 e. The lowest BCUT2D eigenvalue weighted by atomic mass is 10.00. The SMILES string of the molecule is O=C(Cc1ccccc1)Nc1cc(NCC(=O)N2CCc3ccccc3C2)ccc1F. The maximum atomic E-state index is 14.2. The van der Waals surface area contributed by atoms with Crippen LogP contribution in [0.25, 0.3) is 0 Å². The second kappa shape index (κ2) is 9.43. The number of nitrogens with zero attached hydrogens (tertiary/aromatic N) is 1. The van der Waals surface area contributed by atoms with Crippen LogP contribution in [0.15, 0.2) is 72.8 Å². The molecule has 1 aliphatic heterocycles. The summed E-state index contributed by atoms with van der Waals surface area (Å²) in [5.41, 5.74) is 3.97. The highest BCUT2D eigenvalue weighted by Crippen LogP contribution is 2.21. The van der Waals surface area contributed by atoms with Crippen LogP contribution < -0.4 is 10.6 Å². The van der Waals surface area contributed by atoms with E-state index < -0.39 is 5.82 Å². The van der Waals surface area contributed by atoms with E-state index >= 15 is 0 Å².